The molecule has 3 nitrogen and oxygen atoms in total. The van der Waals surface area contributed by atoms with Gasteiger partial charge in [-0.15, -0.1) is 5.48 Å². The van der Waals surface area contributed by atoms with Gasteiger partial charge in [-0.2, -0.15) is 4.84 Å². The quantitative estimate of drug-likeness (QED) is 0.450. The Labute approximate surface area is 48.0 Å². The molecule has 2 N–H and O–H groups in total. The molecule has 0 radical (unpaired) electrons. The standard InChI is InChI=1S/C5H9NO2/c7-5-3-1-2-4-8-6-5/h1-4H2,(H,6,7)/p+1. The minimum Gasteiger partial charge on any atom is -0.228 e. The molecule has 1 aliphatic heterocycles. The fourth-order valence-electron chi connectivity index (χ4n) is 0.695. The topological polar surface area (TPSA) is 42.9 Å². The van der Waals surface area contributed by atoms with Crippen LogP contribution in [0.3, 0.4) is 0 Å². The number of carbonyl (C=O) groups is 1. The summed E-state index contributed by atoms with van der Waals surface area (Å²) in [7, 11) is 0. The molecule has 1 aliphatic rings. The SMILES string of the molecule is O=C1CCCCO[NH2+]1. The smallest absolute Gasteiger partial charge is 0.228 e. The van der Waals surface area contributed by atoms with E-state index in [2.05, 4.69) is 0 Å². The lowest BCUT2D eigenvalue weighted by atomic mass is 10.2. The summed E-state index contributed by atoms with van der Waals surface area (Å²) < 4.78 is 0. The van der Waals surface area contributed by atoms with Crippen molar-refractivity contribution in [3.8, 4) is 0 Å². The van der Waals surface area contributed by atoms with Gasteiger partial charge in [0, 0.05) is 0 Å². The molecule has 0 unspecified atom stereocenters. The number of carbonyl (C=O) groups excluding carboxylic acids is 1. The lowest BCUT2D eigenvalue weighted by Crippen LogP contribution is -2.86. The van der Waals surface area contributed by atoms with Gasteiger partial charge in [-0.1, -0.05) is 0 Å². The van der Waals surface area contributed by atoms with Crippen molar-refractivity contribution in [3.05, 3.63) is 0 Å². The number of rotatable bonds is 0. The van der Waals surface area contributed by atoms with Gasteiger partial charge in [-0.05, 0) is 12.8 Å². The second kappa shape index (κ2) is 2.79. The largest absolute Gasteiger partial charge is 0.342 e. The first-order valence-corrected chi connectivity index (χ1v) is 2.87. The zero-order chi connectivity index (χ0) is 5.82. The van der Waals surface area contributed by atoms with E-state index in [1.54, 1.807) is 0 Å². The fraction of sp³-hybridized carbons (Fsp3) is 0.800. The third kappa shape index (κ3) is 1.60. The van der Waals surface area contributed by atoms with E-state index in [9.17, 15) is 4.79 Å². The number of quaternary nitrogens is 1. The number of hydroxylamine groups is 1. The molecule has 0 aromatic rings. The highest BCUT2D eigenvalue weighted by Crippen LogP contribution is 1.94. The summed E-state index contributed by atoms with van der Waals surface area (Å²) >= 11 is 0. The maximum absolute atomic E-state index is 10.5. The Morgan fingerprint density at radius 2 is 2.38 bits per heavy atom. The molecule has 0 aromatic carbocycles. The lowest BCUT2D eigenvalue weighted by molar-refractivity contribution is -0.825. The Balaban J connectivity index is 2.27. The summed E-state index contributed by atoms with van der Waals surface area (Å²) in [5, 5.41) is 0. The first-order valence-electron chi connectivity index (χ1n) is 2.87. The van der Waals surface area contributed by atoms with Crippen LogP contribution in [0.2, 0.25) is 0 Å². The molecule has 8 heavy (non-hydrogen) atoms. The molecule has 0 saturated carbocycles. The van der Waals surface area contributed by atoms with Crippen molar-refractivity contribution in [1.82, 2.24) is 0 Å². The summed E-state index contributed by atoms with van der Waals surface area (Å²) in [4.78, 5) is 15.3. The van der Waals surface area contributed by atoms with Gasteiger partial charge in [-0.25, -0.2) is 4.79 Å². The van der Waals surface area contributed by atoms with Crippen molar-refractivity contribution in [3.63, 3.8) is 0 Å². The normalized spacial score (nSPS) is 22.8. The summed E-state index contributed by atoms with van der Waals surface area (Å²) in [6.07, 6.45) is 2.66. The first kappa shape index (κ1) is 5.72. The van der Waals surface area contributed by atoms with Gasteiger partial charge in [0.2, 0.25) is 0 Å². The van der Waals surface area contributed by atoms with E-state index in [4.69, 9.17) is 4.84 Å². The fourth-order valence-corrected chi connectivity index (χ4v) is 0.695. The third-order valence-corrected chi connectivity index (χ3v) is 1.15. The van der Waals surface area contributed by atoms with E-state index in [1.807, 2.05) is 0 Å². The summed E-state index contributed by atoms with van der Waals surface area (Å²) in [6.45, 7) is 0.714. The molecule has 1 heterocycles. The van der Waals surface area contributed by atoms with Crippen LogP contribution >= 0.6 is 0 Å². The Morgan fingerprint density at radius 3 is 3.25 bits per heavy atom. The van der Waals surface area contributed by atoms with Gasteiger partial charge in [0.25, 0.3) is 0 Å². The molecule has 1 fully saturated rings. The van der Waals surface area contributed by atoms with Crippen LogP contribution < -0.4 is 5.48 Å². The lowest BCUT2D eigenvalue weighted by Gasteiger charge is -1.87. The van der Waals surface area contributed by atoms with E-state index in [-0.39, 0.29) is 5.91 Å². The highest BCUT2D eigenvalue weighted by molar-refractivity contribution is 5.64. The van der Waals surface area contributed by atoms with Crippen LogP contribution in [0.5, 0.6) is 0 Å². The summed E-state index contributed by atoms with van der Waals surface area (Å²) in [5.41, 5.74) is 1.33. The van der Waals surface area contributed by atoms with E-state index in [0.717, 1.165) is 12.8 Å². The van der Waals surface area contributed by atoms with Crippen molar-refractivity contribution >= 4 is 5.91 Å². The Hall–Kier alpha value is -0.410. The molecule has 0 atom stereocenters. The minimum absolute atomic E-state index is 0.127. The highest BCUT2D eigenvalue weighted by atomic mass is 16.6. The predicted octanol–water partition coefficient (Wildman–Crippen LogP) is -0.808. The van der Waals surface area contributed by atoms with Gasteiger partial charge >= 0.3 is 5.91 Å². The molecule has 1 saturated heterocycles. The van der Waals surface area contributed by atoms with E-state index < -0.39 is 0 Å². The van der Waals surface area contributed by atoms with Crippen LogP contribution in [0.25, 0.3) is 0 Å². The van der Waals surface area contributed by atoms with Crippen molar-refractivity contribution in [1.29, 1.82) is 0 Å². The molecular formula is C5H10NO2+. The monoisotopic (exact) mass is 116 g/mol. The van der Waals surface area contributed by atoms with Gasteiger partial charge < -0.3 is 0 Å². The maximum Gasteiger partial charge on any atom is 0.342 e. The molecule has 0 aliphatic carbocycles. The second-order valence-corrected chi connectivity index (χ2v) is 1.91. The Kier molecular flexibility index (Phi) is 2.00. The molecule has 3 heteroatoms. The zero-order valence-corrected chi connectivity index (χ0v) is 4.72. The molecule has 0 spiro atoms. The van der Waals surface area contributed by atoms with Crippen molar-refractivity contribution in [2.24, 2.45) is 0 Å². The molecule has 0 aromatic heterocycles. The number of nitrogens with two attached hydrogens (primary N) is 1. The van der Waals surface area contributed by atoms with E-state index >= 15 is 0 Å². The zero-order valence-electron chi connectivity index (χ0n) is 4.72. The van der Waals surface area contributed by atoms with Crippen LogP contribution in [0.15, 0.2) is 0 Å². The number of primary amides is 1. The summed E-state index contributed by atoms with van der Waals surface area (Å²) in [6, 6.07) is 0. The average molecular weight is 116 g/mol. The minimum atomic E-state index is 0.127. The van der Waals surface area contributed by atoms with Gasteiger partial charge in [0.1, 0.15) is 6.61 Å². The first-order chi connectivity index (χ1) is 3.89. The van der Waals surface area contributed by atoms with Gasteiger partial charge in [0.15, 0.2) is 0 Å². The van der Waals surface area contributed by atoms with Crippen LogP contribution in [0, 0.1) is 0 Å². The molecular weight excluding hydrogens is 106 g/mol. The third-order valence-electron chi connectivity index (χ3n) is 1.15. The van der Waals surface area contributed by atoms with Crippen LogP contribution in [0.4, 0.5) is 0 Å². The predicted molar refractivity (Wildman–Crippen MR) is 26.7 cm³/mol. The van der Waals surface area contributed by atoms with Crippen molar-refractivity contribution in [2.75, 3.05) is 6.61 Å². The van der Waals surface area contributed by atoms with Gasteiger partial charge in [-0.3, -0.25) is 0 Å². The van der Waals surface area contributed by atoms with Crippen LogP contribution in [-0.2, 0) is 9.63 Å². The Morgan fingerprint density at radius 1 is 1.50 bits per heavy atom. The average Bonchev–Trinajstić information content (AvgIpc) is 1.94. The highest BCUT2D eigenvalue weighted by Gasteiger charge is 2.09. The number of amides is 1. The van der Waals surface area contributed by atoms with E-state index in [0.29, 0.717) is 13.0 Å². The van der Waals surface area contributed by atoms with Gasteiger partial charge in [0.05, 0.1) is 6.42 Å². The number of hydrogen-bond donors (Lipinski definition) is 1. The second-order valence-electron chi connectivity index (χ2n) is 1.91. The molecule has 1 amide bonds. The number of hydrogen-bond acceptors (Lipinski definition) is 2. The molecule has 46 valence electrons. The van der Waals surface area contributed by atoms with Crippen molar-refractivity contribution in [2.45, 2.75) is 19.3 Å². The molecule has 0 bridgehead atoms. The van der Waals surface area contributed by atoms with Crippen molar-refractivity contribution < 1.29 is 15.1 Å². The Bertz CT molecular complexity index is 82.4. The van der Waals surface area contributed by atoms with Crippen LogP contribution in [-0.4, -0.2) is 12.5 Å². The van der Waals surface area contributed by atoms with Crippen LogP contribution in [0.1, 0.15) is 19.3 Å². The maximum atomic E-state index is 10.5. The molecule has 1 rings (SSSR count). The summed E-state index contributed by atoms with van der Waals surface area (Å²) in [5.74, 6) is 0.127. The van der Waals surface area contributed by atoms with E-state index in [1.165, 1.54) is 5.48 Å².